The lowest BCUT2D eigenvalue weighted by atomic mass is 10.1. The van der Waals surface area contributed by atoms with Crippen LogP contribution in [0.1, 0.15) is 112 Å². The van der Waals surface area contributed by atoms with Gasteiger partial charge >= 0.3 is 0 Å². The van der Waals surface area contributed by atoms with Crippen molar-refractivity contribution in [3.63, 3.8) is 0 Å². The van der Waals surface area contributed by atoms with E-state index in [1.807, 2.05) is 76.1 Å². The Morgan fingerprint density at radius 1 is 0.833 bits per heavy atom. The van der Waals surface area contributed by atoms with Crippen molar-refractivity contribution >= 4 is 11.3 Å². The topological polar surface area (TPSA) is 59.4 Å². The van der Waals surface area contributed by atoms with Crippen LogP contribution in [-0.4, -0.2) is 25.0 Å². The predicted octanol–water partition coefficient (Wildman–Crippen LogP) is 8.34. The highest BCUT2D eigenvalue weighted by molar-refractivity contribution is 7.09. The van der Waals surface area contributed by atoms with Crippen LogP contribution in [0.15, 0.2) is 42.3 Å². The number of hydrogen-bond acceptors (Lipinski definition) is 4. The molecular formula is C24H47N5S. The molecule has 0 aliphatic rings. The lowest BCUT2D eigenvalue weighted by Gasteiger charge is -2.01. The van der Waals surface area contributed by atoms with Crippen LogP contribution >= 0.6 is 11.3 Å². The number of rotatable bonds is 3. The van der Waals surface area contributed by atoms with Crippen LogP contribution in [0.25, 0.3) is 0 Å². The summed E-state index contributed by atoms with van der Waals surface area (Å²) in [6.45, 7) is 24.8. The Morgan fingerprint density at radius 2 is 1.43 bits per heavy atom. The van der Waals surface area contributed by atoms with Crippen LogP contribution < -0.4 is 0 Å². The van der Waals surface area contributed by atoms with E-state index in [-0.39, 0.29) is 0 Å². The molecule has 3 aromatic rings. The van der Waals surface area contributed by atoms with Crippen LogP contribution in [0.5, 0.6) is 0 Å². The molecule has 6 heteroatoms. The molecule has 0 radical (unpaired) electrons. The average Bonchev–Trinajstić information content (AvgIpc) is 3.56. The van der Waals surface area contributed by atoms with Gasteiger partial charge in [-0.15, -0.1) is 11.3 Å². The van der Waals surface area contributed by atoms with Crippen LogP contribution in [-0.2, 0) is 0 Å². The molecule has 0 aliphatic heterocycles. The molecular weight excluding hydrogens is 390 g/mol. The predicted molar refractivity (Wildman–Crippen MR) is 136 cm³/mol. The second kappa shape index (κ2) is 23.3. The van der Waals surface area contributed by atoms with Gasteiger partial charge in [-0.3, -0.25) is 9.78 Å². The summed E-state index contributed by atoms with van der Waals surface area (Å²) in [5, 5.41) is 14.0. The van der Waals surface area contributed by atoms with Crippen molar-refractivity contribution < 1.29 is 0 Å². The van der Waals surface area contributed by atoms with Gasteiger partial charge in [-0.05, 0) is 31.9 Å². The standard InChI is InChI=1S/2C6H10N2.C6H9NS.3C2H6/c1-6(2)8-5-3-4-7-8;1-5(2)6-3-4-7-8-6;1-5(2)6-7-3-4-8-6;3*1-2/h3-6H,1-2H3;3-5H,1-2H3,(H,7,8);3-5H,1-2H3;3*1-2H3. The molecule has 0 bridgehead atoms. The van der Waals surface area contributed by atoms with Crippen molar-refractivity contribution in [1.82, 2.24) is 25.0 Å². The quantitative estimate of drug-likeness (QED) is 0.448. The van der Waals surface area contributed by atoms with E-state index in [0.717, 1.165) is 0 Å². The maximum atomic E-state index is 4.13. The summed E-state index contributed by atoms with van der Waals surface area (Å²) in [5.41, 5.74) is 1.20. The first-order valence-corrected chi connectivity index (χ1v) is 12.2. The van der Waals surface area contributed by atoms with Crippen molar-refractivity contribution in [2.75, 3.05) is 0 Å². The number of nitrogens with zero attached hydrogens (tertiary/aromatic N) is 4. The van der Waals surface area contributed by atoms with Gasteiger partial charge in [0.05, 0.1) is 5.01 Å². The molecule has 3 heterocycles. The zero-order valence-electron chi connectivity index (χ0n) is 21.5. The van der Waals surface area contributed by atoms with E-state index in [1.165, 1.54) is 10.7 Å². The van der Waals surface area contributed by atoms with Crippen molar-refractivity contribution in [3.05, 3.63) is 53.0 Å². The second-order valence-corrected chi connectivity index (χ2v) is 7.20. The van der Waals surface area contributed by atoms with E-state index in [1.54, 1.807) is 23.7 Å². The van der Waals surface area contributed by atoms with Gasteiger partial charge in [-0.2, -0.15) is 10.2 Å². The number of nitrogens with one attached hydrogen (secondary N) is 1. The fraction of sp³-hybridized carbons (Fsp3) is 0.625. The highest BCUT2D eigenvalue weighted by Crippen LogP contribution is 2.15. The number of aromatic amines is 1. The zero-order chi connectivity index (χ0) is 23.9. The zero-order valence-corrected chi connectivity index (χ0v) is 22.3. The van der Waals surface area contributed by atoms with E-state index in [9.17, 15) is 0 Å². The van der Waals surface area contributed by atoms with Crippen molar-refractivity contribution in [2.45, 2.75) is 101 Å². The third kappa shape index (κ3) is 17.0. The van der Waals surface area contributed by atoms with Crippen molar-refractivity contribution in [2.24, 2.45) is 0 Å². The van der Waals surface area contributed by atoms with Crippen molar-refractivity contribution in [1.29, 1.82) is 0 Å². The molecule has 0 aliphatic carbocycles. The molecule has 0 spiro atoms. The minimum Gasteiger partial charge on any atom is -0.282 e. The minimum absolute atomic E-state index is 0.491. The average molecular weight is 438 g/mol. The monoisotopic (exact) mass is 437 g/mol. The van der Waals surface area contributed by atoms with Crippen molar-refractivity contribution in [3.8, 4) is 0 Å². The first-order valence-electron chi connectivity index (χ1n) is 11.3. The van der Waals surface area contributed by atoms with Gasteiger partial charge in [-0.1, -0.05) is 69.2 Å². The Kier molecular flexibility index (Phi) is 25.4. The molecule has 0 saturated carbocycles. The van der Waals surface area contributed by atoms with E-state index in [2.05, 4.69) is 61.8 Å². The first kappa shape index (κ1) is 32.7. The van der Waals surface area contributed by atoms with Gasteiger partial charge in [0.1, 0.15) is 0 Å². The van der Waals surface area contributed by atoms with Gasteiger partial charge in [0, 0.05) is 47.8 Å². The summed E-state index contributed by atoms with van der Waals surface area (Å²) in [5.74, 6) is 1.16. The molecule has 174 valence electrons. The largest absolute Gasteiger partial charge is 0.282 e. The lowest BCUT2D eigenvalue weighted by Crippen LogP contribution is -1.99. The smallest absolute Gasteiger partial charge is 0.0950 e. The summed E-state index contributed by atoms with van der Waals surface area (Å²) in [6.07, 6.45) is 7.38. The maximum Gasteiger partial charge on any atom is 0.0950 e. The molecule has 0 atom stereocenters. The molecule has 0 amide bonds. The molecule has 0 saturated heterocycles. The molecule has 0 fully saturated rings. The fourth-order valence-electron chi connectivity index (χ4n) is 1.69. The Bertz CT molecular complexity index is 522. The second-order valence-electron chi connectivity index (χ2n) is 6.27. The Labute approximate surface area is 190 Å². The molecule has 5 nitrogen and oxygen atoms in total. The Hall–Kier alpha value is -1.95. The van der Waals surface area contributed by atoms with E-state index in [0.29, 0.717) is 17.9 Å². The number of aromatic nitrogens is 5. The highest BCUT2D eigenvalue weighted by Gasteiger charge is 1.98. The van der Waals surface area contributed by atoms with E-state index >= 15 is 0 Å². The Morgan fingerprint density at radius 3 is 1.63 bits per heavy atom. The Balaban J connectivity index is -0.000000323. The van der Waals surface area contributed by atoms with Crippen LogP contribution in [0.3, 0.4) is 0 Å². The summed E-state index contributed by atoms with van der Waals surface area (Å²) < 4.78 is 1.92. The highest BCUT2D eigenvalue weighted by atomic mass is 32.1. The van der Waals surface area contributed by atoms with E-state index < -0.39 is 0 Å². The number of hydrogen-bond donors (Lipinski definition) is 1. The van der Waals surface area contributed by atoms with Gasteiger partial charge in [0.15, 0.2) is 0 Å². The van der Waals surface area contributed by atoms with Gasteiger partial charge in [-0.25, -0.2) is 4.98 Å². The maximum absolute atomic E-state index is 4.13. The summed E-state index contributed by atoms with van der Waals surface area (Å²) in [6, 6.07) is 4.41. The normalized spacial score (nSPS) is 8.90. The van der Waals surface area contributed by atoms with Crippen LogP contribution in [0, 0.1) is 0 Å². The van der Waals surface area contributed by atoms with E-state index in [4.69, 9.17) is 0 Å². The lowest BCUT2D eigenvalue weighted by molar-refractivity contribution is 0.532. The van der Waals surface area contributed by atoms with Gasteiger partial charge < -0.3 is 0 Å². The molecule has 3 rings (SSSR count). The summed E-state index contributed by atoms with van der Waals surface area (Å²) in [7, 11) is 0. The summed E-state index contributed by atoms with van der Waals surface area (Å²) in [4.78, 5) is 4.13. The minimum atomic E-state index is 0.491. The van der Waals surface area contributed by atoms with Gasteiger partial charge in [0.25, 0.3) is 0 Å². The molecule has 3 aromatic heterocycles. The third-order valence-electron chi connectivity index (χ3n) is 3.14. The molecule has 1 N–H and O–H groups in total. The first-order chi connectivity index (χ1) is 14.4. The number of thiazole rings is 1. The van der Waals surface area contributed by atoms with Crippen LogP contribution in [0.2, 0.25) is 0 Å². The molecule has 30 heavy (non-hydrogen) atoms. The SMILES string of the molecule is CC.CC.CC.CC(C)c1ccn[nH]1.CC(C)c1nccs1.CC(C)n1cccn1. The molecule has 0 aromatic carbocycles. The summed E-state index contributed by atoms with van der Waals surface area (Å²) >= 11 is 1.72. The van der Waals surface area contributed by atoms with Crippen LogP contribution in [0.4, 0.5) is 0 Å². The number of H-pyrrole nitrogens is 1. The van der Waals surface area contributed by atoms with Gasteiger partial charge in [0.2, 0.25) is 0 Å². The third-order valence-corrected chi connectivity index (χ3v) is 4.22. The molecule has 0 unspecified atom stereocenters. The fourth-order valence-corrected chi connectivity index (χ4v) is 2.35.